The third-order valence-electron chi connectivity index (χ3n) is 5.42. The highest BCUT2D eigenvalue weighted by Crippen LogP contribution is 2.38. The molecule has 0 radical (unpaired) electrons. The lowest BCUT2D eigenvalue weighted by atomic mass is 10.0. The number of carbonyl (C=O) groups excluding carboxylic acids is 2. The van der Waals surface area contributed by atoms with Crippen LogP contribution < -0.4 is 10.1 Å². The number of ether oxygens (including phenoxy) is 1. The van der Waals surface area contributed by atoms with Crippen LogP contribution in [0.4, 0.5) is 0 Å². The minimum atomic E-state index is -0.211. The SMILES string of the molecule is CC(=O)c1ccc(-c2cc(C)c3c(c2)CC(CNC(=O)/C=C/c2c(C)nn(C)c2Cl)O3)s1. The predicted octanol–water partition coefficient (Wildman–Crippen LogP) is 4.75. The van der Waals surface area contributed by atoms with Crippen LogP contribution in [0.1, 0.15) is 39.0 Å². The van der Waals surface area contributed by atoms with Crippen molar-refractivity contribution in [2.45, 2.75) is 33.3 Å². The van der Waals surface area contributed by atoms with E-state index in [0.29, 0.717) is 18.1 Å². The molecule has 0 aliphatic carbocycles. The van der Waals surface area contributed by atoms with Gasteiger partial charge in [-0.3, -0.25) is 14.3 Å². The molecular weight excluding hydrogens is 446 g/mol. The summed E-state index contributed by atoms with van der Waals surface area (Å²) in [6.45, 7) is 5.85. The summed E-state index contributed by atoms with van der Waals surface area (Å²) in [5.41, 5.74) is 4.75. The van der Waals surface area contributed by atoms with Crippen molar-refractivity contribution in [3.63, 3.8) is 0 Å². The molecule has 1 amide bonds. The lowest BCUT2D eigenvalue weighted by Crippen LogP contribution is -2.33. The monoisotopic (exact) mass is 469 g/mol. The molecule has 0 fully saturated rings. The number of halogens is 1. The first-order valence-electron chi connectivity index (χ1n) is 10.3. The first-order valence-corrected chi connectivity index (χ1v) is 11.5. The molecule has 1 unspecified atom stereocenters. The average Bonchev–Trinajstić information content (AvgIpc) is 3.44. The van der Waals surface area contributed by atoms with E-state index in [9.17, 15) is 9.59 Å². The van der Waals surface area contributed by atoms with Crippen molar-refractivity contribution < 1.29 is 14.3 Å². The van der Waals surface area contributed by atoms with Crippen molar-refractivity contribution in [1.29, 1.82) is 0 Å². The normalized spacial score (nSPS) is 15.1. The van der Waals surface area contributed by atoms with Gasteiger partial charge < -0.3 is 10.1 Å². The van der Waals surface area contributed by atoms with Gasteiger partial charge in [0, 0.05) is 30.0 Å². The molecule has 1 aromatic carbocycles. The maximum atomic E-state index is 12.3. The molecule has 0 spiro atoms. The van der Waals surface area contributed by atoms with Crippen molar-refractivity contribution in [3.8, 4) is 16.2 Å². The molecule has 0 bridgehead atoms. The maximum Gasteiger partial charge on any atom is 0.244 e. The van der Waals surface area contributed by atoms with Crippen molar-refractivity contribution in [2.24, 2.45) is 7.05 Å². The summed E-state index contributed by atoms with van der Waals surface area (Å²) in [6.07, 6.45) is 3.73. The number of hydrogen-bond donors (Lipinski definition) is 1. The number of aromatic nitrogens is 2. The molecule has 32 heavy (non-hydrogen) atoms. The quantitative estimate of drug-likeness (QED) is 0.417. The first kappa shape index (κ1) is 22.3. The van der Waals surface area contributed by atoms with Gasteiger partial charge in [-0.15, -0.1) is 11.3 Å². The molecule has 0 saturated carbocycles. The van der Waals surface area contributed by atoms with Crippen LogP contribution in [0.5, 0.6) is 5.75 Å². The van der Waals surface area contributed by atoms with Gasteiger partial charge in [0.1, 0.15) is 17.0 Å². The molecule has 4 rings (SSSR count). The van der Waals surface area contributed by atoms with Crippen molar-refractivity contribution in [2.75, 3.05) is 6.54 Å². The summed E-state index contributed by atoms with van der Waals surface area (Å²) in [5, 5.41) is 7.63. The zero-order valence-electron chi connectivity index (χ0n) is 18.4. The second-order valence-electron chi connectivity index (χ2n) is 7.94. The van der Waals surface area contributed by atoms with E-state index in [1.54, 1.807) is 24.7 Å². The molecule has 6 nitrogen and oxygen atoms in total. The molecule has 0 saturated heterocycles. The van der Waals surface area contributed by atoms with Gasteiger partial charge >= 0.3 is 0 Å². The van der Waals surface area contributed by atoms with E-state index < -0.39 is 0 Å². The Hall–Kier alpha value is -2.90. The minimum absolute atomic E-state index is 0.0771. The van der Waals surface area contributed by atoms with Gasteiger partial charge in [-0.2, -0.15) is 5.10 Å². The lowest BCUT2D eigenvalue weighted by molar-refractivity contribution is -0.116. The maximum absolute atomic E-state index is 12.3. The van der Waals surface area contributed by atoms with Crippen LogP contribution in [0.2, 0.25) is 5.15 Å². The van der Waals surface area contributed by atoms with E-state index in [2.05, 4.69) is 22.5 Å². The highest BCUT2D eigenvalue weighted by molar-refractivity contribution is 7.17. The average molecular weight is 470 g/mol. The number of nitrogens with one attached hydrogen (secondary N) is 1. The number of benzene rings is 1. The number of ketones is 1. The van der Waals surface area contributed by atoms with Crippen LogP contribution >= 0.6 is 22.9 Å². The summed E-state index contributed by atoms with van der Waals surface area (Å²) in [4.78, 5) is 25.7. The fourth-order valence-electron chi connectivity index (χ4n) is 3.83. The van der Waals surface area contributed by atoms with Crippen molar-refractivity contribution in [3.05, 3.63) is 62.8 Å². The molecule has 2 aromatic heterocycles. The van der Waals surface area contributed by atoms with E-state index in [0.717, 1.165) is 43.5 Å². The molecule has 1 N–H and O–H groups in total. The first-order chi connectivity index (χ1) is 15.2. The summed E-state index contributed by atoms with van der Waals surface area (Å²) in [6, 6.07) is 8.05. The molecule has 3 heterocycles. The summed E-state index contributed by atoms with van der Waals surface area (Å²) >= 11 is 7.70. The predicted molar refractivity (Wildman–Crippen MR) is 128 cm³/mol. The zero-order valence-corrected chi connectivity index (χ0v) is 19.9. The smallest absolute Gasteiger partial charge is 0.244 e. The third-order valence-corrected chi connectivity index (χ3v) is 7.11. The topological polar surface area (TPSA) is 73.2 Å². The Bertz CT molecular complexity index is 1240. The number of Topliss-reactive ketones (excluding diaryl/α,β-unsaturated/α-hetero) is 1. The number of fused-ring (bicyclic) bond motifs is 1. The largest absolute Gasteiger partial charge is 0.488 e. The Balaban J connectivity index is 1.39. The van der Waals surface area contributed by atoms with Gasteiger partial charge in [0.05, 0.1) is 17.1 Å². The second kappa shape index (κ2) is 8.92. The van der Waals surface area contributed by atoms with Crippen LogP contribution in [0, 0.1) is 13.8 Å². The van der Waals surface area contributed by atoms with E-state index in [1.165, 1.54) is 17.4 Å². The summed E-state index contributed by atoms with van der Waals surface area (Å²) < 4.78 is 7.68. The number of aryl methyl sites for hydroxylation is 3. The lowest BCUT2D eigenvalue weighted by Gasteiger charge is -2.12. The van der Waals surface area contributed by atoms with Crippen molar-refractivity contribution in [1.82, 2.24) is 15.1 Å². The summed E-state index contributed by atoms with van der Waals surface area (Å²) in [5.74, 6) is 0.745. The molecule has 1 atom stereocenters. The van der Waals surface area contributed by atoms with Crippen molar-refractivity contribution >= 4 is 40.7 Å². The van der Waals surface area contributed by atoms with Gasteiger partial charge in [0.25, 0.3) is 0 Å². The number of carbonyl (C=O) groups is 2. The zero-order chi connectivity index (χ0) is 23.0. The van der Waals surface area contributed by atoms with Crippen LogP contribution in [0.3, 0.4) is 0 Å². The van der Waals surface area contributed by atoms with E-state index in [4.69, 9.17) is 16.3 Å². The third kappa shape index (κ3) is 4.49. The molecular formula is C24H24ClN3O3S. The molecule has 166 valence electrons. The van der Waals surface area contributed by atoms with E-state index in [1.807, 2.05) is 26.0 Å². The van der Waals surface area contributed by atoms with Gasteiger partial charge in [-0.25, -0.2) is 0 Å². The van der Waals surface area contributed by atoms with Gasteiger partial charge in [-0.1, -0.05) is 11.6 Å². The van der Waals surface area contributed by atoms with Crippen LogP contribution in [-0.2, 0) is 18.3 Å². The number of nitrogens with zero attached hydrogens (tertiary/aromatic N) is 2. The Labute approximate surface area is 195 Å². The number of hydrogen-bond acceptors (Lipinski definition) is 5. The Morgan fingerprint density at radius 2 is 2.12 bits per heavy atom. The highest BCUT2D eigenvalue weighted by Gasteiger charge is 2.26. The van der Waals surface area contributed by atoms with Gasteiger partial charge in [0.15, 0.2) is 5.78 Å². The molecule has 8 heteroatoms. The Morgan fingerprint density at radius 3 is 2.78 bits per heavy atom. The van der Waals surface area contributed by atoms with Crippen LogP contribution in [-0.4, -0.2) is 34.1 Å². The number of rotatable bonds is 6. The van der Waals surface area contributed by atoms with E-state index in [-0.39, 0.29) is 17.8 Å². The Kier molecular flexibility index (Phi) is 6.22. The number of thiophene rings is 1. The number of amides is 1. The van der Waals surface area contributed by atoms with Crippen LogP contribution in [0.25, 0.3) is 16.5 Å². The highest BCUT2D eigenvalue weighted by atomic mass is 35.5. The molecule has 1 aliphatic rings. The molecule has 1 aliphatic heterocycles. The van der Waals surface area contributed by atoms with Crippen LogP contribution in [0.15, 0.2) is 30.3 Å². The molecule has 3 aromatic rings. The van der Waals surface area contributed by atoms with E-state index >= 15 is 0 Å². The van der Waals surface area contributed by atoms with Gasteiger partial charge in [0.2, 0.25) is 5.91 Å². The Morgan fingerprint density at radius 1 is 1.34 bits per heavy atom. The second-order valence-corrected chi connectivity index (χ2v) is 9.38. The standard InChI is InChI=1S/C24H24ClN3O3S/c1-13-9-16(21-7-6-20(32-21)15(3)29)10-17-11-18(31-23(13)17)12-26-22(30)8-5-19-14(2)27-28(4)24(19)25/h5-10,18H,11-12H2,1-4H3,(H,26,30)/b8-5+. The summed E-state index contributed by atoms with van der Waals surface area (Å²) in [7, 11) is 1.76. The fourth-order valence-corrected chi connectivity index (χ4v) is 4.95. The fraction of sp³-hybridized carbons (Fsp3) is 0.292. The van der Waals surface area contributed by atoms with Gasteiger partial charge in [-0.05, 0) is 67.8 Å². The minimum Gasteiger partial charge on any atom is -0.488 e.